The van der Waals surface area contributed by atoms with Gasteiger partial charge in [-0.05, 0) is 48.4 Å². The molecule has 2 atom stereocenters. The molecule has 8 heteroatoms. The number of carbonyl (C=O) groups excluding carboxylic acids is 1. The zero-order chi connectivity index (χ0) is 20.8. The van der Waals surface area contributed by atoms with Crippen LogP contribution in [-0.2, 0) is 11.8 Å². The lowest BCUT2D eigenvalue weighted by molar-refractivity contribution is -0.137. The number of fused-ring (bicyclic) bond motifs is 1. The van der Waals surface area contributed by atoms with Gasteiger partial charge in [-0.15, -0.1) is 0 Å². The van der Waals surface area contributed by atoms with E-state index in [0.717, 1.165) is 17.7 Å². The van der Waals surface area contributed by atoms with Crippen LogP contribution >= 0.6 is 11.6 Å². The minimum absolute atomic E-state index is 0.0459. The first-order chi connectivity index (χ1) is 13.7. The number of likely N-dealkylation sites (tertiary alicyclic amines) is 1. The quantitative estimate of drug-likeness (QED) is 0.703. The summed E-state index contributed by atoms with van der Waals surface area (Å²) in [6, 6.07) is 12.4. The van der Waals surface area contributed by atoms with Gasteiger partial charge in [0.2, 0.25) is 0 Å². The third-order valence-corrected chi connectivity index (χ3v) is 6.23. The molecule has 2 aliphatic rings. The van der Waals surface area contributed by atoms with Crippen LogP contribution in [0, 0.1) is 11.8 Å². The monoisotopic (exact) mass is 424 g/mol. The number of hydrogen-bond donors (Lipinski definition) is 2. The van der Waals surface area contributed by atoms with E-state index in [-0.39, 0.29) is 17.5 Å². The predicted molar refractivity (Wildman–Crippen MR) is 104 cm³/mol. The van der Waals surface area contributed by atoms with E-state index in [1.807, 2.05) is 30.3 Å². The van der Waals surface area contributed by atoms with Gasteiger partial charge in [-0.25, -0.2) is 4.79 Å². The molecule has 1 heterocycles. The van der Waals surface area contributed by atoms with Gasteiger partial charge in [0, 0.05) is 18.8 Å². The Kier molecular flexibility index (Phi) is 4.99. The summed E-state index contributed by atoms with van der Waals surface area (Å²) in [5, 5.41) is 13.1. The second kappa shape index (κ2) is 7.22. The molecule has 1 saturated heterocycles. The van der Waals surface area contributed by atoms with E-state index in [0.29, 0.717) is 25.9 Å². The van der Waals surface area contributed by atoms with E-state index in [1.165, 1.54) is 6.07 Å². The van der Waals surface area contributed by atoms with Crippen molar-refractivity contribution in [2.75, 3.05) is 18.4 Å². The van der Waals surface area contributed by atoms with Gasteiger partial charge in [0.05, 0.1) is 16.2 Å². The molecular formula is C21H20ClF3N2O2. The minimum atomic E-state index is -4.59. The number of rotatable bonds is 2. The lowest BCUT2D eigenvalue weighted by Crippen LogP contribution is -2.35. The second-order valence-electron chi connectivity index (χ2n) is 7.85. The fourth-order valence-corrected chi connectivity index (χ4v) is 4.75. The van der Waals surface area contributed by atoms with Gasteiger partial charge in [-0.1, -0.05) is 41.9 Å². The maximum Gasteiger partial charge on any atom is 0.417 e. The van der Waals surface area contributed by atoms with Crippen molar-refractivity contribution >= 4 is 23.3 Å². The Bertz CT molecular complexity index is 906. The standard InChI is InChI=1S/C21H20ClF3N2O2/c22-18-7-6-16(8-17(18)21(23,24)25)26-19(28)27-11-13-9-20(29,10-14(13)12-27)15-4-2-1-3-5-15/h1-8,13-14,29H,9-12H2,(H,26,28). The van der Waals surface area contributed by atoms with Crippen LogP contribution in [0.5, 0.6) is 0 Å². The molecule has 154 valence electrons. The fraction of sp³-hybridized carbons (Fsp3) is 0.381. The maximum atomic E-state index is 13.0. The Balaban J connectivity index is 1.41. The highest BCUT2D eigenvalue weighted by molar-refractivity contribution is 6.31. The lowest BCUT2D eigenvalue weighted by atomic mass is 9.90. The van der Waals surface area contributed by atoms with Gasteiger partial charge in [-0.3, -0.25) is 0 Å². The van der Waals surface area contributed by atoms with E-state index in [4.69, 9.17) is 11.6 Å². The summed E-state index contributed by atoms with van der Waals surface area (Å²) in [6.07, 6.45) is -3.47. The summed E-state index contributed by atoms with van der Waals surface area (Å²) in [7, 11) is 0. The number of alkyl halides is 3. The summed E-state index contributed by atoms with van der Waals surface area (Å²) in [5.41, 5.74) is -0.948. The van der Waals surface area contributed by atoms with Gasteiger partial charge in [0.25, 0.3) is 0 Å². The molecule has 2 aromatic rings. The third kappa shape index (κ3) is 3.94. The zero-order valence-electron chi connectivity index (χ0n) is 15.4. The van der Waals surface area contributed by atoms with Gasteiger partial charge in [-0.2, -0.15) is 13.2 Å². The number of nitrogens with one attached hydrogen (secondary N) is 1. The van der Waals surface area contributed by atoms with Crippen molar-refractivity contribution in [2.45, 2.75) is 24.6 Å². The summed E-state index contributed by atoms with van der Waals surface area (Å²) in [4.78, 5) is 14.2. The molecule has 2 aromatic carbocycles. The van der Waals surface area contributed by atoms with E-state index >= 15 is 0 Å². The number of aliphatic hydroxyl groups is 1. The summed E-state index contributed by atoms with van der Waals surface area (Å²) < 4.78 is 39.0. The highest BCUT2D eigenvalue weighted by Gasteiger charge is 2.49. The zero-order valence-corrected chi connectivity index (χ0v) is 16.2. The molecule has 1 aliphatic heterocycles. The van der Waals surface area contributed by atoms with Crippen LogP contribution in [0.1, 0.15) is 24.0 Å². The molecule has 4 nitrogen and oxygen atoms in total. The first-order valence-electron chi connectivity index (χ1n) is 9.36. The van der Waals surface area contributed by atoms with Gasteiger partial charge < -0.3 is 15.3 Å². The van der Waals surface area contributed by atoms with Crippen molar-refractivity contribution in [3.63, 3.8) is 0 Å². The van der Waals surface area contributed by atoms with Crippen molar-refractivity contribution in [2.24, 2.45) is 11.8 Å². The Morgan fingerprint density at radius 3 is 2.31 bits per heavy atom. The minimum Gasteiger partial charge on any atom is -0.385 e. The van der Waals surface area contributed by atoms with Crippen LogP contribution in [0.15, 0.2) is 48.5 Å². The number of carbonyl (C=O) groups is 1. The normalized spacial score (nSPS) is 26.4. The number of anilines is 1. The maximum absolute atomic E-state index is 13.0. The predicted octanol–water partition coefficient (Wildman–Crippen LogP) is 5.12. The largest absolute Gasteiger partial charge is 0.417 e. The van der Waals surface area contributed by atoms with Crippen LogP contribution < -0.4 is 5.32 Å². The van der Waals surface area contributed by atoms with Crippen LogP contribution in [-0.4, -0.2) is 29.1 Å². The average molecular weight is 425 g/mol. The number of urea groups is 1. The van der Waals surface area contributed by atoms with Crippen LogP contribution in [0.25, 0.3) is 0 Å². The Morgan fingerprint density at radius 2 is 1.72 bits per heavy atom. The third-order valence-electron chi connectivity index (χ3n) is 5.90. The second-order valence-corrected chi connectivity index (χ2v) is 8.26. The molecule has 1 aliphatic carbocycles. The SMILES string of the molecule is O=C(Nc1ccc(Cl)c(C(F)(F)F)c1)N1CC2CC(O)(c3ccccc3)CC2C1. The van der Waals surface area contributed by atoms with E-state index in [9.17, 15) is 23.1 Å². The molecule has 4 rings (SSSR count). The van der Waals surface area contributed by atoms with Gasteiger partial charge in [0.1, 0.15) is 0 Å². The van der Waals surface area contributed by atoms with E-state index in [1.54, 1.807) is 4.90 Å². The molecule has 2 amide bonds. The first-order valence-corrected chi connectivity index (χ1v) is 9.74. The molecule has 2 unspecified atom stereocenters. The number of amides is 2. The van der Waals surface area contributed by atoms with Crippen molar-refractivity contribution in [1.29, 1.82) is 0 Å². The summed E-state index contributed by atoms with van der Waals surface area (Å²) >= 11 is 5.62. The first kappa shape index (κ1) is 20.0. The van der Waals surface area contributed by atoms with Crippen molar-refractivity contribution in [3.8, 4) is 0 Å². The van der Waals surface area contributed by atoms with Gasteiger partial charge >= 0.3 is 12.2 Å². The fourth-order valence-electron chi connectivity index (χ4n) is 4.52. The number of benzene rings is 2. The van der Waals surface area contributed by atoms with Crippen molar-refractivity contribution < 1.29 is 23.1 Å². The van der Waals surface area contributed by atoms with Crippen LogP contribution in [0.2, 0.25) is 5.02 Å². The molecular weight excluding hydrogens is 405 g/mol. The van der Waals surface area contributed by atoms with Crippen molar-refractivity contribution in [1.82, 2.24) is 4.90 Å². The summed E-state index contributed by atoms with van der Waals surface area (Å²) in [5.74, 6) is 0.309. The summed E-state index contributed by atoms with van der Waals surface area (Å²) in [6.45, 7) is 0.927. The molecule has 2 N–H and O–H groups in total. The number of hydrogen-bond acceptors (Lipinski definition) is 2. The van der Waals surface area contributed by atoms with E-state index < -0.39 is 28.4 Å². The topological polar surface area (TPSA) is 52.6 Å². The van der Waals surface area contributed by atoms with Crippen molar-refractivity contribution in [3.05, 3.63) is 64.7 Å². The Labute approximate surface area is 171 Å². The molecule has 1 saturated carbocycles. The molecule has 0 bridgehead atoms. The van der Waals surface area contributed by atoms with Gasteiger partial charge in [0.15, 0.2) is 0 Å². The number of nitrogens with zero attached hydrogens (tertiary/aromatic N) is 1. The average Bonchev–Trinajstić information content (AvgIpc) is 3.19. The number of halogens is 4. The Hall–Kier alpha value is -2.25. The Morgan fingerprint density at radius 1 is 1.10 bits per heavy atom. The van der Waals surface area contributed by atoms with E-state index in [2.05, 4.69) is 5.32 Å². The smallest absolute Gasteiger partial charge is 0.385 e. The molecule has 2 fully saturated rings. The highest BCUT2D eigenvalue weighted by Crippen LogP contribution is 2.49. The van der Waals surface area contributed by atoms with Crippen LogP contribution in [0.4, 0.5) is 23.7 Å². The van der Waals surface area contributed by atoms with Crippen LogP contribution in [0.3, 0.4) is 0 Å². The lowest BCUT2D eigenvalue weighted by Gasteiger charge is -2.26. The molecule has 0 aromatic heterocycles. The molecule has 0 radical (unpaired) electrons. The molecule has 29 heavy (non-hydrogen) atoms. The molecule has 0 spiro atoms. The highest BCUT2D eigenvalue weighted by atomic mass is 35.5.